The van der Waals surface area contributed by atoms with Crippen molar-refractivity contribution < 1.29 is 4.79 Å². The Labute approximate surface area is 94.4 Å². The summed E-state index contributed by atoms with van der Waals surface area (Å²) in [7, 11) is 2.13. The number of carbonyl (C=O) groups is 1. The molecule has 2 aliphatic heterocycles. The molecule has 0 aromatic carbocycles. The van der Waals surface area contributed by atoms with E-state index in [2.05, 4.69) is 29.9 Å². The molecule has 0 unspecified atom stereocenters. The van der Waals surface area contributed by atoms with Gasteiger partial charge in [-0.2, -0.15) is 12.6 Å². The maximum atomic E-state index is 11.6. The Morgan fingerprint density at radius 1 is 1.64 bits per heavy atom. The molecule has 0 bridgehead atoms. The summed E-state index contributed by atoms with van der Waals surface area (Å²) in [6, 6.07) is 0. The largest absolute Gasteiger partial charge is 0.341 e. The lowest BCUT2D eigenvalue weighted by Crippen LogP contribution is -2.48. The molecule has 14 heavy (non-hydrogen) atoms. The van der Waals surface area contributed by atoms with Crippen LogP contribution in [0.5, 0.6) is 0 Å². The monoisotopic (exact) mass is 232 g/mol. The molecule has 2 heterocycles. The van der Waals surface area contributed by atoms with Crippen molar-refractivity contribution >= 4 is 30.3 Å². The smallest absolute Gasteiger partial charge is 0.235 e. The summed E-state index contributed by atoms with van der Waals surface area (Å²) in [4.78, 5) is 13.9. The summed E-state index contributed by atoms with van der Waals surface area (Å²) >= 11 is 5.98. The molecule has 1 spiro atoms. The molecule has 2 aliphatic rings. The molecule has 0 aromatic rings. The van der Waals surface area contributed by atoms with Crippen LogP contribution in [-0.2, 0) is 4.79 Å². The number of hydrogen-bond donors (Lipinski definition) is 2. The number of nitrogens with zero attached hydrogens (tertiary/aromatic N) is 1. The molecule has 2 saturated heterocycles. The van der Waals surface area contributed by atoms with E-state index in [9.17, 15) is 4.79 Å². The van der Waals surface area contributed by atoms with Gasteiger partial charge in [-0.25, -0.2) is 0 Å². The van der Waals surface area contributed by atoms with Crippen molar-refractivity contribution in [1.82, 2.24) is 10.2 Å². The zero-order valence-electron chi connectivity index (χ0n) is 8.32. The van der Waals surface area contributed by atoms with Crippen molar-refractivity contribution in [3.05, 3.63) is 0 Å². The average molecular weight is 232 g/mol. The van der Waals surface area contributed by atoms with Crippen LogP contribution in [0.25, 0.3) is 0 Å². The first-order valence-electron chi connectivity index (χ1n) is 4.94. The van der Waals surface area contributed by atoms with Crippen LogP contribution >= 0.6 is 24.4 Å². The lowest BCUT2D eigenvalue weighted by Gasteiger charge is -2.36. The van der Waals surface area contributed by atoms with Gasteiger partial charge in [0.05, 0.1) is 10.1 Å². The Morgan fingerprint density at radius 3 is 2.79 bits per heavy atom. The highest BCUT2D eigenvalue weighted by Crippen LogP contribution is 2.41. The SMILES string of the molecule is CN1CCC2(CC1)NC(=O)[C@H](CS)S2. The molecule has 0 saturated carbocycles. The molecule has 1 atom stereocenters. The van der Waals surface area contributed by atoms with Gasteiger partial charge in [-0.05, 0) is 19.9 Å². The van der Waals surface area contributed by atoms with Gasteiger partial charge >= 0.3 is 0 Å². The Hall–Kier alpha value is 0.130. The molecular weight excluding hydrogens is 216 g/mol. The van der Waals surface area contributed by atoms with E-state index in [-0.39, 0.29) is 16.0 Å². The highest BCUT2D eigenvalue weighted by molar-refractivity contribution is 8.03. The number of hydrogen-bond acceptors (Lipinski definition) is 4. The highest BCUT2D eigenvalue weighted by Gasteiger charge is 2.45. The van der Waals surface area contributed by atoms with Crippen LogP contribution in [0.15, 0.2) is 0 Å². The Morgan fingerprint density at radius 2 is 2.29 bits per heavy atom. The lowest BCUT2D eigenvalue weighted by atomic mass is 10.0. The maximum Gasteiger partial charge on any atom is 0.235 e. The van der Waals surface area contributed by atoms with Gasteiger partial charge in [-0.3, -0.25) is 4.79 Å². The topological polar surface area (TPSA) is 32.3 Å². The summed E-state index contributed by atoms with van der Waals surface area (Å²) < 4.78 is 0. The fourth-order valence-electron chi connectivity index (χ4n) is 2.00. The minimum absolute atomic E-state index is 0.0248. The van der Waals surface area contributed by atoms with E-state index in [4.69, 9.17) is 0 Å². The van der Waals surface area contributed by atoms with Gasteiger partial charge in [0.2, 0.25) is 5.91 Å². The van der Waals surface area contributed by atoms with Crippen molar-refractivity contribution in [3.8, 4) is 0 Å². The second-order valence-electron chi connectivity index (χ2n) is 4.08. The fraction of sp³-hybridized carbons (Fsp3) is 0.889. The van der Waals surface area contributed by atoms with Crippen molar-refractivity contribution in [2.75, 3.05) is 25.9 Å². The van der Waals surface area contributed by atoms with E-state index >= 15 is 0 Å². The number of thiol groups is 1. The van der Waals surface area contributed by atoms with Crippen LogP contribution in [0.3, 0.4) is 0 Å². The molecule has 0 aromatic heterocycles. The zero-order chi connectivity index (χ0) is 10.2. The van der Waals surface area contributed by atoms with Crippen molar-refractivity contribution in [3.63, 3.8) is 0 Å². The van der Waals surface area contributed by atoms with Gasteiger partial charge in [-0.1, -0.05) is 0 Å². The fourth-order valence-corrected chi connectivity index (χ4v) is 3.76. The third kappa shape index (κ3) is 1.90. The first kappa shape index (κ1) is 10.6. The summed E-state index contributed by atoms with van der Waals surface area (Å²) in [6.45, 7) is 2.15. The first-order chi connectivity index (χ1) is 6.65. The van der Waals surface area contributed by atoms with Crippen molar-refractivity contribution in [2.24, 2.45) is 0 Å². The Bertz CT molecular complexity index is 239. The number of piperidine rings is 1. The Kier molecular flexibility index (Phi) is 3.00. The number of likely N-dealkylation sites (tertiary alicyclic amines) is 1. The Balaban J connectivity index is 2.02. The number of carbonyl (C=O) groups excluding carboxylic acids is 1. The van der Waals surface area contributed by atoms with E-state index in [1.807, 2.05) is 0 Å². The lowest BCUT2D eigenvalue weighted by molar-refractivity contribution is -0.120. The maximum absolute atomic E-state index is 11.6. The van der Waals surface area contributed by atoms with Gasteiger partial charge in [-0.15, -0.1) is 11.8 Å². The normalized spacial score (nSPS) is 32.1. The van der Waals surface area contributed by atoms with Crippen molar-refractivity contribution in [2.45, 2.75) is 23.0 Å². The predicted octanol–water partition coefficient (Wildman–Crippen LogP) is 0.570. The predicted molar refractivity (Wildman–Crippen MR) is 62.8 cm³/mol. The second kappa shape index (κ2) is 3.94. The molecule has 80 valence electrons. The van der Waals surface area contributed by atoms with Gasteiger partial charge < -0.3 is 10.2 Å². The molecule has 1 amide bonds. The molecule has 0 radical (unpaired) electrons. The first-order valence-corrected chi connectivity index (χ1v) is 6.46. The van der Waals surface area contributed by atoms with Crippen LogP contribution < -0.4 is 5.32 Å². The van der Waals surface area contributed by atoms with Crippen LogP contribution in [0, 0.1) is 0 Å². The highest BCUT2D eigenvalue weighted by atomic mass is 32.2. The summed E-state index contributed by atoms with van der Waals surface area (Å²) in [5.74, 6) is 0.822. The van der Waals surface area contributed by atoms with Gasteiger partial charge in [0.1, 0.15) is 0 Å². The van der Waals surface area contributed by atoms with Gasteiger partial charge in [0.25, 0.3) is 0 Å². The van der Waals surface area contributed by atoms with E-state index in [1.165, 1.54) is 0 Å². The summed E-state index contributed by atoms with van der Waals surface area (Å²) in [6.07, 6.45) is 2.12. The third-order valence-electron chi connectivity index (χ3n) is 2.97. The molecular formula is C9H16N2OS2. The van der Waals surface area contributed by atoms with E-state index in [0.29, 0.717) is 5.75 Å². The van der Waals surface area contributed by atoms with Crippen LogP contribution in [0.1, 0.15) is 12.8 Å². The quantitative estimate of drug-likeness (QED) is 0.648. The van der Waals surface area contributed by atoms with E-state index in [0.717, 1.165) is 25.9 Å². The number of amides is 1. The minimum atomic E-state index is 0.0248. The van der Waals surface area contributed by atoms with Crippen LogP contribution in [0.2, 0.25) is 0 Å². The minimum Gasteiger partial charge on any atom is -0.341 e. The third-order valence-corrected chi connectivity index (χ3v) is 5.21. The molecule has 0 aliphatic carbocycles. The zero-order valence-corrected chi connectivity index (χ0v) is 10.0. The van der Waals surface area contributed by atoms with Gasteiger partial charge in [0, 0.05) is 18.8 Å². The molecule has 3 nitrogen and oxygen atoms in total. The number of nitrogens with one attached hydrogen (secondary N) is 1. The summed E-state index contributed by atoms with van der Waals surface area (Å²) in [5, 5.41) is 3.20. The number of rotatable bonds is 1. The van der Waals surface area contributed by atoms with Crippen molar-refractivity contribution in [1.29, 1.82) is 0 Å². The molecule has 2 rings (SSSR count). The van der Waals surface area contributed by atoms with E-state index < -0.39 is 0 Å². The van der Waals surface area contributed by atoms with Gasteiger partial charge in [0.15, 0.2) is 0 Å². The molecule has 2 fully saturated rings. The second-order valence-corrected chi connectivity index (χ2v) is 6.03. The number of thioether (sulfide) groups is 1. The molecule has 1 N–H and O–H groups in total. The standard InChI is InChI=1S/C9H16N2OS2/c1-11-4-2-9(3-5-11)10-8(12)7(6-13)14-9/h7,13H,2-6H2,1H3,(H,10,12)/t7-/m0/s1. The van der Waals surface area contributed by atoms with Crippen LogP contribution in [-0.4, -0.2) is 46.8 Å². The molecule has 5 heteroatoms. The summed E-state index contributed by atoms with van der Waals surface area (Å²) in [5.41, 5.74) is 0. The van der Waals surface area contributed by atoms with E-state index in [1.54, 1.807) is 11.8 Å². The average Bonchev–Trinajstić information content (AvgIpc) is 2.49. The van der Waals surface area contributed by atoms with Crippen LogP contribution in [0.4, 0.5) is 0 Å².